The van der Waals surface area contributed by atoms with E-state index in [1.807, 2.05) is 66.0 Å². The molecule has 8 heteroatoms. The van der Waals surface area contributed by atoms with E-state index in [1.165, 1.54) is 0 Å². The second-order valence-electron chi connectivity index (χ2n) is 6.61. The Bertz CT molecular complexity index is 775. The van der Waals surface area contributed by atoms with Crippen LogP contribution in [0.2, 0.25) is 0 Å². The molecule has 1 saturated heterocycles. The van der Waals surface area contributed by atoms with E-state index >= 15 is 0 Å². The van der Waals surface area contributed by atoms with Crippen molar-refractivity contribution in [1.82, 2.24) is 15.5 Å². The molecule has 2 N–H and O–H groups in total. The fourth-order valence-electron chi connectivity index (χ4n) is 3.19. The van der Waals surface area contributed by atoms with Crippen LogP contribution in [-0.4, -0.2) is 41.2 Å². The van der Waals surface area contributed by atoms with Gasteiger partial charge in [0, 0.05) is 19.1 Å². The zero-order valence-electron chi connectivity index (χ0n) is 14.9. The second-order valence-corrected chi connectivity index (χ2v) is 6.99. The van der Waals surface area contributed by atoms with Gasteiger partial charge in [0.15, 0.2) is 5.11 Å². The lowest BCUT2D eigenvalue weighted by atomic mass is 9.99. The number of likely N-dealkylation sites (tertiary alicyclic amines) is 1. The lowest BCUT2D eigenvalue weighted by Crippen LogP contribution is -2.46. The van der Waals surface area contributed by atoms with Gasteiger partial charge >= 0.3 is 12.1 Å². The standard InChI is InChI=1S/C20H20F3N3OS/c21-20(22,23)18(27)24-16-11-12-26(13-16)19(28)25-17(14-7-3-1-4-8-14)15-9-5-2-6-10-15/h1-10,16-17H,11-13H2,(H,24,27)(H,25,28). The molecule has 1 fully saturated rings. The minimum Gasteiger partial charge on any atom is -0.352 e. The average molecular weight is 407 g/mol. The molecule has 0 radical (unpaired) electrons. The van der Waals surface area contributed by atoms with Crippen molar-refractivity contribution in [3.05, 3.63) is 71.8 Å². The van der Waals surface area contributed by atoms with Crippen molar-refractivity contribution < 1.29 is 18.0 Å². The summed E-state index contributed by atoms with van der Waals surface area (Å²) in [7, 11) is 0. The first kappa shape index (κ1) is 20.1. The van der Waals surface area contributed by atoms with Gasteiger partial charge < -0.3 is 15.5 Å². The third kappa shape index (κ3) is 5.01. The molecule has 0 bridgehead atoms. The molecule has 2 aromatic carbocycles. The van der Waals surface area contributed by atoms with Crippen molar-refractivity contribution in [2.24, 2.45) is 0 Å². The summed E-state index contributed by atoms with van der Waals surface area (Å²) in [6.07, 6.45) is -4.47. The van der Waals surface area contributed by atoms with Gasteiger partial charge in [0.2, 0.25) is 0 Å². The highest BCUT2D eigenvalue weighted by Gasteiger charge is 2.40. The zero-order chi connectivity index (χ0) is 20.1. The van der Waals surface area contributed by atoms with Crippen LogP contribution < -0.4 is 10.6 Å². The molecule has 28 heavy (non-hydrogen) atoms. The molecule has 0 saturated carbocycles. The number of nitrogens with one attached hydrogen (secondary N) is 2. The summed E-state index contributed by atoms with van der Waals surface area (Å²) >= 11 is 5.51. The number of halogens is 3. The quantitative estimate of drug-likeness (QED) is 0.763. The first-order valence-electron chi connectivity index (χ1n) is 8.87. The molecule has 148 valence electrons. The number of benzene rings is 2. The lowest BCUT2D eigenvalue weighted by Gasteiger charge is -2.27. The molecule has 2 aromatic rings. The molecule has 4 nitrogen and oxygen atoms in total. The lowest BCUT2D eigenvalue weighted by molar-refractivity contribution is -0.174. The third-order valence-electron chi connectivity index (χ3n) is 4.60. The molecular weight excluding hydrogens is 387 g/mol. The van der Waals surface area contributed by atoms with Gasteiger partial charge in [0.05, 0.1) is 6.04 Å². The number of carbonyl (C=O) groups excluding carboxylic acids is 1. The maximum atomic E-state index is 12.4. The van der Waals surface area contributed by atoms with Crippen molar-refractivity contribution in [2.45, 2.75) is 24.7 Å². The Hall–Kier alpha value is -2.61. The van der Waals surface area contributed by atoms with Gasteiger partial charge in [-0.3, -0.25) is 4.79 Å². The molecule has 1 aliphatic heterocycles. The molecular formula is C20H20F3N3OS. The summed E-state index contributed by atoms with van der Waals surface area (Å²) in [6, 6.07) is 18.8. The molecule has 0 aromatic heterocycles. The van der Waals surface area contributed by atoms with Gasteiger partial charge in [-0.05, 0) is 29.8 Å². The first-order chi connectivity index (χ1) is 13.3. The second kappa shape index (κ2) is 8.60. The number of amides is 1. The summed E-state index contributed by atoms with van der Waals surface area (Å²) in [4.78, 5) is 12.9. The molecule has 3 rings (SSSR count). The Morgan fingerprint density at radius 3 is 2.07 bits per heavy atom. The Morgan fingerprint density at radius 1 is 1.04 bits per heavy atom. The molecule has 1 atom stereocenters. The normalized spacial score (nSPS) is 16.9. The molecule has 0 aliphatic carbocycles. The maximum absolute atomic E-state index is 12.4. The van der Waals surface area contributed by atoms with Crippen LogP contribution in [0.3, 0.4) is 0 Å². The summed E-state index contributed by atoms with van der Waals surface area (Å²) in [5.74, 6) is -1.91. The smallest absolute Gasteiger partial charge is 0.352 e. The number of hydrogen-bond acceptors (Lipinski definition) is 2. The highest BCUT2D eigenvalue weighted by molar-refractivity contribution is 7.80. The van der Waals surface area contributed by atoms with Crippen molar-refractivity contribution in [1.29, 1.82) is 0 Å². The maximum Gasteiger partial charge on any atom is 0.471 e. The van der Waals surface area contributed by atoms with Crippen molar-refractivity contribution in [2.75, 3.05) is 13.1 Å². The number of rotatable bonds is 4. The predicted octanol–water partition coefficient (Wildman–Crippen LogP) is 3.40. The summed E-state index contributed by atoms with van der Waals surface area (Å²) in [6.45, 7) is 0.717. The minimum absolute atomic E-state index is 0.182. The van der Waals surface area contributed by atoms with Crippen LogP contribution in [0.1, 0.15) is 23.6 Å². The van der Waals surface area contributed by atoms with Crippen LogP contribution >= 0.6 is 12.2 Å². The third-order valence-corrected chi connectivity index (χ3v) is 4.98. The number of hydrogen-bond donors (Lipinski definition) is 2. The van der Waals surface area contributed by atoms with E-state index in [1.54, 1.807) is 4.90 Å². The fourth-order valence-corrected chi connectivity index (χ4v) is 3.48. The summed E-state index contributed by atoms with van der Waals surface area (Å²) in [5, 5.41) is 5.79. The molecule has 0 spiro atoms. The van der Waals surface area contributed by atoms with Gasteiger partial charge in [-0.2, -0.15) is 13.2 Å². The number of carbonyl (C=O) groups is 1. The van der Waals surface area contributed by atoms with E-state index in [-0.39, 0.29) is 12.6 Å². The van der Waals surface area contributed by atoms with E-state index in [0.717, 1.165) is 11.1 Å². The van der Waals surface area contributed by atoms with Crippen LogP contribution in [-0.2, 0) is 4.79 Å². The number of thiocarbonyl (C=S) groups is 1. The van der Waals surface area contributed by atoms with E-state index in [4.69, 9.17) is 12.2 Å². The van der Waals surface area contributed by atoms with Gasteiger partial charge in [-0.1, -0.05) is 60.7 Å². The Morgan fingerprint density at radius 2 is 1.57 bits per heavy atom. The highest BCUT2D eigenvalue weighted by Crippen LogP contribution is 2.23. The summed E-state index contributed by atoms with van der Waals surface area (Å²) in [5.41, 5.74) is 2.05. The molecule has 1 amide bonds. The van der Waals surface area contributed by atoms with Crippen LogP contribution in [0.25, 0.3) is 0 Å². The van der Waals surface area contributed by atoms with Crippen molar-refractivity contribution in [3.8, 4) is 0 Å². The van der Waals surface area contributed by atoms with Crippen molar-refractivity contribution >= 4 is 23.2 Å². The van der Waals surface area contributed by atoms with Crippen molar-refractivity contribution in [3.63, 3.8) is 0 Å². The number of alkyl halides is 3. The first-order valence-corrected chi connectivity index (χ1v) is 9.28. The predicted molar refractivity (Wildman–Crippen MR) is 105 cm³/mol. The van der Waals surface area contributed by atoms with Gasteiger partial charge in [-0.25, -0.2) is 0 Å². The van der Waals surface area contributed by atoms with Crippen LogP contribution in [0, 0.1) is 0 Å². The van der Waals surface area contributed by atoms with Crippen LogP contribution in [0.4, 0.5) is 13.2 Å². The number of nitrogens with zero attached hydrogens (tertiary/aromatic N) is 1. The Balaban J connectivity index is 1.67. The van der Waals surface area contributed by atoms with Crippen LogP contribution in [0.5, 0.6) is 0 Å². The molecule has 1 aliphatic rings. The van der Waals surface area contributed by atoms with E-state index in [0.29, 0.717) is 18.1 Å². The monoisotopic (exact) mass is 407 g/mol. The molecule has 1 heterocycles. The van der Waals surface area contributed by atoms with E-state index in [2.05, 4.69) is 5.32 Å². The van der Waals surface area contributed by atoms with Gasteiger partial charge in [0.1, 0.15) is 0 Å². The Kier molecular flexibility index (Phi) is 6.18. The SMILES string of the molecule is O=C(NC1CCN(C(=S)NC(c2ccccc2)c2ccccc2)C1)C(F)(F)F. The average Bonchev–Trinajstić information content (AvgIpc) is 3.15. The van der Waals surface area contributed by atoms with Crippen LogP contribution in [0.15, 0.2) is 60.7 Å². The molecule has 1 unspecified atom stereocenters. The summed E-state index contributed by atoms with van der Waals surface area (Å²) < 4.78 is 37.3. The van der Waals surface area contributed by atoms with E-state index < -0.39 is 18.1 Å². The largest absolute Gasteiger partial charge is 0.471 e. The minimum atomic E-state index is -4.88. The Labute approximate surface area is 166 Å². The van der Waals surface area contributed by atoms with Gasteiger partial charge in [-0.15, -0.1) is 0 Å². The topological polar surface area (TPSA) is 44.4 Å². The fraction of sp³-hybridized carbons (Fsp3) is 0.300. The van der Waals surface area contributed by atoms with E-state index in [9.17, 15) is 18.0 Å². The zero-order valence-corrected chi connectivity index (χ0v) is 15.8. The van der Waals surface area contributed by atoms with Gasteiger partial charge in [0.25, 0.3) is 0 Å². The highest BCUT2D eigenvalue weighted by atomic mass is 32.1.